The van der Waals surface area contributed by atoms with Gasteiger partial charge in [0.1, 0.15) is 5.82 Å². The van der Waals surface area contributed by atoms with Crippen molar-refractivity contribution in [3.8, 4) is 6.01 Å². The summed E-state index contributed by atoms with van der Waals surface area (Å²) in [6.45, 7) is 8.33. The Morgan fingerprint density at radius 2 is 1.82 bits per heavy atom. The van der Waals surface area contributed by atoms with Gasteiger partial charge in [0.15, 0.2) is 0 Å². The number of primary amides is 1. The lowest BCUT2D eigenvalue weighted by molar-refractivity contribution is -0.119. The first-order chi connectivity index (χ1) is 18.8. The number of carbonyl (C=O) groups excluding carboxylic acids is 1. The molecule has 1 atom stereocenters. The Balaban J connectivity index is 0.000000983. The molecule has 0 radical (unpaired) electrons. The van der Waals surface area contributed by atoms with Crippen molar-refractivity contribution in [2.45, 2.75) is 52.9 Å². The van der Waals surface area contributed by atoms with Crippen molar-refractivity contribution in [1.82, 2.24) is 24.9 Å². The van der Waals surface area contributed by atoms with E-state index < -0.39 is 11.8 Å². The van der Waals surface area contributed by atoms with E-state index in [0.29, 0.717) is 41.5 Å². The quantitative estimate of drug-likeness (QED) is 0.167. The maximum absolute atomic E-state index is 12.0. The number of H-pyrrole nitrogens is 1. The van der Waals surface area contributed by atoms with Crippen LogP contribution in [0.4, 0.5) is 5.69 Å². The van der Waals surface area contributed by atoms with Crippen molar-refractivity contribution < 1.29 is 9.53 Å². The van der Waals surface area contributed by atoms with E-state index in [9.17, 15) is 4.79 Å². The first-order valence-corrected chi connectivity index (χ1v) is 12.9. The third-order valence-electron chi connectivity index (χ3n) is 6.19. The van der Waals surface area contributed by atoms with Crippen molar-refractivity contribution in [3.63, 3.8) is 0 Å². The summed E-state index contributed by atoms with van der Waals surface area (Å²) in [5, 5.41) is 8.63. The number of rotatable bonds is 10. The van der Waals surface area contributed by atoms with Crippen LogP contribution in [0.2, 0.25) is 0 Å². The fourth-order valence-electron chi connectivity index (χ4n) is 3.78. The molecule has 1 unspecified atom stereocenters. The summed E-state index contributed by atoms with van der Waals surface area (Å²) < 4.78 is 5.71. The molecule has 10 nitrogen and oxygen atoms in total. The standard InChI is InChI=1S/C25H26N8O2.C4H10/c1-14(19-6-10-31-25(33-19)35-11-7-21-29-8-3-9-30-21)12-16-22-17(13-26)18(27)4-5-20(22)32-23(16)15(2)24(28)34;1-3-4-2/h3-6,8-10,12-13,15,26,32H,7,11,27H2,1-2H3,(H2,28,34);3-4H2,1-2H3/b14-12+,26-13?;. The number of hydrogen-bond acceptors (Lipinski definition) is 8. The number of amides is 1. The largest absolute Gasteiger partial charge is 0.463 e. The number of nitrogen functional groups attached to an aromatic ring is 1. The van der Waals surface area contributed by atoms with Gasteiger partial charge in [0.25, 0.3) is 0 Å². The Morgan fingerprint density at radius 3 is 2.46 bits per heavy atom. The van der Waals surface area contributed by atoms with Gasteiger partial charge in [0.2, 0.25) is 5.91 Å². The van der Waals surface area contributed by atoms with E-state index in [2.05, 4.69) is 38.8 Å². The molecule has 0 aliphatic carbocycles. The molecule has 1 amide bonds. The van der Waals surface area contributed by atoms with Crippen LogP contribution in [0.15, 0.2) is 42.9 Å². The van der Waals surface area contributed by atoms with Gasteiger partial charge in [-0.15, -0.1) is 0 Å². The Kier molecular flexibility index (Phi) is 10.3. The van der Waals surface area contributed by atoms with E-state index in [4.69, 9.17) is 21.6 Å². The van der Waals surface area contributed by atoms with Crippen LogP contribution in [0.3, 0.4) is 0 Å². The zero-order chi connectivity index (χ0) is 28.4. The number of nitrogens with zero attached hydrogens (tertiary/aromatic N) is 4. The van der Waals surface area contributed by atoms with E-state index in [1.165, 1.54) is 19.1 Å². The van der Waals surface area contributed by atoms with Crippen molar-refractivity contribution in [2.75, 3.05) is 12.3 Å². The number of hydrogen-bond donors (Lipinski definition) is 4. The van der Waals surface area contributed by atoms with Crippen LogP contribution in [0.5, 0.6) is 6.01 Å². The SMILES string of the molecule is C/C(=C\c1c(C(C)C(N)=O)[nH]c2ccc(N)c(C=N)c12)c1ccnc(OCCc2ncccn2)n1.CCCC. The van der Waals surface area contributed by atoms with Gasteiger partial charge < -0.3 is 26.6 Å². The van der Waals surface area contributed by atoms with Crippen molar-refractivity contribution in [3.05, 3.63) is 71.2 Å². The lowest BCUT2D eigenvalue weighted by Crippen LogP contribution is -2.19. The summed E-state index contributed by atoms with van der Waals surface area (Å²) >= 11 is 0. The van der Waals surface area contributed by atoms with Crippen LogP contribution in [0, 0.1) is 5.41 Å². The minimum absolute atomic E-state index is 0.236. The normalized spacial score (nSPS) is 11.9. The molecular weight excluding hydrogens is 492 g/mol. The van der Waals surface area contributed by atoms with Crippen LogP contribution in [0.25, 0.3) is 22.6 Å². The number of nitrogens with two attached hydrogens (primary N) is 2. The summed E-state index contributed by atoms with van der Waals surface area (Å²) in [6, 6.07) is 7.33. The molecule has 6 N–H and O–H groups in total. The molecule has 10 heteroatoms. The summed E-state index contributed by atoms with van der Waals surface area (Å²) in [5.41, 5.74) is 16.4. The van der Waals surface area contributed by atoms with Crippen molar-refractivity contribution in [1.29, 1.82) is 5.41 Å². The minimum atomic E-state index is -0.578. The third kappa shape index (κ3) is 7.25. The highest BCUT2D eigenvalue weighted by molar-refractivity contribution is 6.09. The molecule has 4 rings (SSSR count). The average molecular weight is 529 g/mol. The van der Waals surface area contributed by atoms with Crippen LogP contribution in [-0.2, 0) is 11.2 Å². The Labute approximate surface area is 228 Å². The molecule has 0 fully saturated rings. The number of benzene rings is 1. The van der Waals surface area contributed by atoms with Gasteiger partial charge in [-0.2, -0.15) is 4.98 Å². The van der Waals surface area contributed by atoms with Gasteiger partial charge in [0, 0.05) is 64.6 Å². The van der Waals surface area contributed by atoms with E-state index in [1.807, 2.05) is 19.1 Å². The monoisotopic (exact) mass is 528 g/mol. The smallest absolute Gasteiger partial charge is 0.316 e. The molecule has 0 saturated carbocycles. The van der Waals surface area contributed by atoms with Crippen LogP contribution >= 0.6 is 0 Å². The lowest BCUT2D eigenvalue weighted by atomic mass is 9.96. The van der Waals surface area contributed by atoms with E-state index >= 15 is 0 Å². The number of ether oxygens (including phenoxy) is 1. The van der Waals surface area contributed by atoms with Crippen LogP contribution in [0.1, 0.15) is 74.8 Å². The topological polar surface area (TPSA) is 170 Å². The van der Waals surface area contributed by atoms with Crippen LogP contribution < -0.4 is 16.2 Å². The number of fused-ring (bicyclic) bond motifs is 1. The van der Waals surface area contributed by atoms with Crippen molar-refractivity contribution >= 4 is 40.4 Å². The van der Waals surface area contributed by atoms with E-state index in [0.717, 1.165) is 22.0 Å². The second-order valence-electron chi connectivity index (χ2n) is 9.03. The molecule has 3 aromatic heterocycles. The number of carbonyl (C=O) groups is 1. The third-order valence-corrected chi connectivity index (χ3v) is 6.19. The zero-order valence-corrected chi connectivity index (χ0v) is 22.9. The van der Waals surface area contributed by atoms with Gasteiger partial charge in [0.05, 0.1) is 18.2 Å². The number of nitrogens with one attached hydrogen (secondary N) is 2. The lowest BCUT2D eigenvalue weighted by Gasteiger charge is -2.10. The fourth-order valence-corrected chi connectivity index (χ4v) is 3.78. The molecule has 39 heavy (non-hydrogen) atoms. The fraction of sp³-hybridized carbons (Fsp3) is 0.310. The highest BCUT2D eigenvalue weighted by Crippen LogP contribution is 2.35. The molecule has 3 heterocycles. The van der Waals surface area contributed by atoms with Gasteiger partial charge in [-0.1, -0.05) is 26.7 Å². The summed E-state index contributed by atoms with van der Waals surface area (Å²) in [6.07, 6.45) is 11.3. The molecule has 0 aliphatic heterocycles. The molecule has 0 saturated heterocycles. The zero-order valence-electron chi connectivity index (χ0n) is 22.9. The van der Waals surface area contributed by atoms with Crippen LogP contribution in [-0.4, -0.2) is 43.6 Å². The van der Waals surface area contributed by atoms with Gasteiger partial charge in [-0.3, -0.25) is 4.79 Å². The highest BCUT2D eigenvalue weighted by atomic mass is 16.5. The molecular formula is C29H36N8O2. The first kappa shape index (κ1) is 29.0. The maximum atomic E-state index is 12.0. The summed E-state index contributed by atoms with van der Waals surface area (Å²) in [7, 11) is 0. The Morgan fingerprint density at radius 1 is 1.10 bits per heavy atom. The summed E-state index contributed by atoms with van der Waals surface area (Å²) in [5.74, 6) is -0.365. The molecule has 0 spiro atoms. The minimum Gasteiger partial charge on any atom is -0.463 e. The average Bonchev–Trinajstić information content (AvgIpc) is 3.31. The maximum Gasteiger partial charge on any atom is 0.316 e. The highest BCUT2D eigenvalue weighted by Gasteiger charge is 2.22. The Hall–Kier alpha value is -4.60. The molecule has 0 aliphatic rings. The number of aromatic nitrogens is 5. The van der Waals surface area contributed by atoms with E-state index in [1.54, 1.807) is 43.7 Å². The summed E-state index contributed by atoms with van der Waals surface area (Å²) in [4.78, 5) is 32.4. The first-order valence-electron chi connectivity index (χ1n) is 12.9. The predicted octanol–water partition coefficient (Wildman–Crippen LogP) is 4.90. The van der Waals surface area contributed by atoms with Crippen molar-refractivity contribution in [2.24, 2.45) is 5.73 Å². The number of unbranched alkanes of at least 4 members (excludes halogenated alkanes) is 1. The van der Waals surface area contributed by atoms with Gasteiger partial charge >= 0.3 is 6.01 Å². The Bertz CT molecular complexity index is 1440. The van der Waals surface area contributed by atoms with Gasteiger partial charge in [-0.05, 0) is 49.8 Å². The molecule has 4 aromatic rings. The predicted molar refractivity (Wildman–Crippen MR) is 156 cm³/mol. The van der Waals surface area contributed by atoms with E-state index in [-0.39, 0.29) is 6.01 Å². The molecule has 0 bridgehead atoms. The number of aromatic amines is 1. The molecule has 1 aromatic carbocycles. The second-order valence-corrected chi connectivity index (χ2v) is 9.03. The molecule has 204 valence electrons. The number of allylic oxidation sites excluding steroid dienone is 1. The number of anilines is 1. The van der Waals surface area contributed by atoms with Gasteiger partial charge in [-0.25, -0.2) is 15.0 Å². The second kappa shape index (κ2) is 13.8.